The van der Waals surface area contributed by atoms with Gasteiger partial charge in [0.1, 0.15) is 0 Å². The van der Waals surface area contributed by atoms with Crippen LogP contribution in [0.5, 0.6) is 0 Å². The monoisotopic (exact) mass is 335 g/mol. The first-order valence-electron chi connectivity index (χ1n) is 6.74. The average Bonchev–Trinajstić information content (AvgIpc) is 3.14. The van der Waals surface area contributed by atoms with Gasteiger partial charge in [-0.2, -0.15) is 11.3 Å². The number of fused-ring (bicyclic) bond motifs is 1. The van der Waals surface area contributed by atoms with Crippen molar-refractivity contribution in [1.82, 2.24) is 5.32 Å². The largest absolute Gasteiger partial charge is 0.449 e. The fourth-order valence-corrected chi connectivity index (χ4v) is 3.20. The van der Waals surface area contributed by atoms with Crippen LogP contribution in [-0.2, 0) is 0 Å². The molecule has 1 amide bonds. The van der Waals surface area contributed by atoms with Crippen LogP contribution in [0.15, 0.2) is 39.4 Å². The summed E-state index contributed by atoms with van der Waals surface area (Å²) in [6, 6.07) is 7.22. The van der Waals surface area contributed by atoms with Gasteiger partial charge in [0.25, 0.3) is 5.91 Å². The van der Waals surface area contributed by atoms with Crippen LogP contribution in [-0.4, -0.2) is 17.6 Å². The van der Waals surface area contributed by atoms with Gasteiger partial charge < -0.3 is 14.8 Å². The van der Waals surface area contributed by atoms with Crippen LogP contribution < -0.4 is 5.32 Å². The van der Waals surface area contributed by atoms with Crippen LogP contribution in [0.1, 0.15) is 27.8 Å². The Kier molecular flexibility index (Phi) is 4.20. The highest BCUT2D eigenvalue weighted by atomic mass is 35.5. The van der Waals surface area contributed by atoms with Crippen LogP contribution in [0.4, 0.5) is 0 Å². The van der Waals surface area contributed by atoms with Crippen LogP contribution in [0.25, 0.3) is 11.0 Å². The third kappa shape index (κ3) is 2.75. The molecule has 0 aliphatic rings. The summed E-state index contributed by atoms with van der Waals surface area (Å²) in [6.07, 6.45) is -0.733. The van der Waals surface area contributed by atoms with Crippen molar-refractivity contribution in [1.29, 1.82) is 0 Å². The third-order valence-electron chi connectivity index (χ3n) is 3.51. The Morgan fingerprint density at radius 3 is 2.95 bits per heavy atom. The summed E-state index contributed by atoms with van der Waals surface area (Å²) in [6.45, 7) is 1.94. The second-order valence-electron chi connectivity index (χ2n) is 4.96. The minimum atomic E-state index is -0.733. The first-order chi connectivity index (χ1) is 10.6. The molecule has 0 spiro atoms. The highest BCUT2D eigenvalue weighted by molar-refractivity contribution is 7.07. The van der Waals surface area contributed by atoms with Crippen LogP contribution in [0, 0.1) is 6.92 Å². The van der Waals surface area contributed by atoms with Crippen molar-refractivity contribution in [2.24, 2.45) is 0 Å². The van der Waals surface area contributed by atoms with Gasteiger partial charge in [0.2, 0.25) is 0 Å². The predicted molar refractivity (Wildman–Crippen MR) is 87.6 cm³/mol. The Bertz CT molecular complexity index is 810. The van der Waals surface area contributed by atoms with Gasteiger partial charge in [0.15, 0.2) is 11.3 Å². The zero-order valence-corrected chi connectivity index (χ0v) is 13.4. The number of halogens is 1. The Labute approximate surface area is 136 Å². The number of carbonyl (C=O) groups is 1. The SMILES string of the molecule is Cc1c(C(=O)NCC(O)c2ccsc2)oc2c(Cl)cccc12. The number of aliphatic hydroxyl groups excluding tert-OH is 1. The maximum absolute atomic E-state index is 12.3. The van der Waals surface area contributed by atoms with Crippen LogP contribution >= 0.6 is 22.9 Å². The molecule has 0 fully saturated rings. The molecule has 1 unspecified atom stereocenters. The molecule has 0 saturated heterocycles. The standard InChI is InChI=1S/C16H14ClNO3S/c1-9-11-3-2-4-12(17)15(11)21-14(9)16(20)18-7-13(19)10-5-6-22-8-10/h2-6,8,13,19H,7H2,1H3,(H,18,20). The van der Waals surface area contributed by atoms with E-state index in [9.17, 15) is 9.90 Å². The summed E-state index contributed by atoms with van der Waals surface area (Å²) >= 11 is 7.58. The Hall–Kier alpha value is -1.82. The maximum atomic E-state index is 12.3. The molecule has 2 N–H and O–H groups in total. The van der Waals surface area contributed by atoms with Crippen molar-refractivity contribution < 1.29 is 14.3 Å². The van der Waals surface area contributed by atoms with Crippen molar-refractivity contribution in [3.8, 4) is 0 Å². The Balaban J connectivity index is 1.78. The summed E-state index contributed by atoms with van der Waals surface area (Å²) in [7, 11) is 0. The van der Waals surface area contributed by atoms with Gasteiger partial charge in [-0.05, 0) is 35.4 Å². The van der Waals surface area contributed by atoms with E-state index in [1.165, 1.54) is 11.3 Å². The highest BCUT2D eigenvalue weighted by Crippen LogP contribution is 2.30. The molecule has 2 heterocycles. The van der Waals surface area contributed by atoms with Gasteiger partial charge in [0.05, 0.1) is 11.1 Å². The molecule has 0 bridgehead atoms. The quantitative estimate of drug-likeness (QED) is 0.759. The van der Waals surface area contributed by atoms with E-state index in [-0.39, 0.29) is 18.2 Å². The number of thiophene rings is 1. The van der Waals surface area contributed by atoms with Crippen LogP contribution in [0.2, 0.25) is 5.02 Å². The first-order valence-corrected chi connectivity index (χ1v) is 8.06. The van der Waals surface area contributed by atoms with Crippen LogP contribution in [0.3, 0.4) is 0 Å². The van der Waals surface area contributed by atoms with Crippen molar-refractivity contribution in [2.45, 2.75) is 13.0 Å². The number of nitrogens with one attached hydrogen (secondary N) is 1. The van der Waals surface area contributed by atoms with Gasteiger partial charge in [-0.15, -0.1) is 0 Å². The number of furan rings is 1. The summed E-state index contributed by atoms with van der Waals surface area (Å²) in [5.41, 5.74) is 2.03. The van der Waals surface area contributed by atoms with E-state index in [1.54, 1.807) is 6.07 Å². The van der Waals surface area contributed by atoms with Gasteiger partial charge in [-0.3, -0.25) is 4.79 Å². The minimum Gasteiger partial charge on any atom is -0.449 e. The topological polar surface area (TPSA) is 62.5 Å². The number of benzene rings is 1. The number of aryl methyl sites for hydroxylation is 1. The first kappa shape index (κ1) is 15.1. The molecule has 3 rings (SSSR count). The summed E-state index contributed by atoms with van der Waals surface area (Å²) in [4.78, 5) is 12.3. The second kappa shape index (κ2) is 6.12. The lowest BCUT2D eigenvalue weighted by Crippen LogP contribution is -2.28. The lowest BCUT2D eigenvalue weighted by atomic mass is 10.1. The average molecular weight is 336 g/mol. The number of hydrogen-bond donors (Lipinski definition) is 2. The maximum Gasteiger partial charge on any atom is 0.287 e. The van der Waals surface area contributed by atoms with E-state index in [4.69, 9.17) is 16.0 Å². The summed E-state index contributed by atoms with van der Waals surface area (Å²) < 4.78 is 5.59. The number of para-hydroxylation sites is 1. The fraction of sp³-hybridized carbons (Fsp3) is 0.188. The molecule has 22 heavy (non-hydrogen) atoms. The Morgan fingerprint density at radius 2 is 2.27 bits per heavy atom. The minimum absolute atomic E-state index is 0.125. The Morgan fingerprint density at radius 1 is 1.45 bits per heavy atom. The van der Waals surface area contributed by atoms with Gasteiger partial charge >= 0.3 is 0 Å². The molecule has 114 valence electrons. The molecule has 0 aliphatic carbocycles. The molecule has 6 heteroatoms. The number of hydrogen-bond acceptors (Lipinski definition) is 4. The molecule has 0 saturated carbocycles. The molecular weight excluding hydrogens is 322 g/mol. The lowest BCUT2D eigenvalue weighted by Gasteiger charge is -2.09. The van der Waals surface area contributed by atoms with Gasteiger partial charge in [-0.25, -0.2) is 0 Å². The normalized spacial score (nSPS) is 12.5. The number of rotatable bonds is 4. The van der Waals surface area contributed by atoms with Gasteiger partial charge in [-0.1, -0.05) is 23.7 Å². The van der Waals surface area contributed by atoms with E-state index < -0.39 is 6.10 Å². The lowest BCUT2D eigenvalue weighted by molar-refractivity contribution is 0.0890. The molecule has 1 aromatic carbocycles. The number of aliphatic hydroxyl groups is 1. The summed E-state index contributed by atoms with van der Waals surface area (Å²) in [5, 5.41) is 17.7. The molecular formula is C16H14ClNO3S. The smallest absolute Gasteiger partial charge is 0.287 e. The molecule has 2 aromatic heterocycles. The van der Waals surface area contributed by atoms with E-state index in [0.717, 1.165) is 16.5 Å². The third-order valence-corrected chi connectivity index (χ3v) is 4.50. The second-order valence-corrected chi connectivity index (χ2v) is 6.14. The summed E-state index contributed by atoms with van der Waals surface area (Å²) in [5.74, 6) is -0.139. The number of carbonyl (C=O) groups excluding carboxylic acids is 1. The van der Waals surface area contributed by atoms with E-state index in [2.05, 4.69) is 5.32 Å². The van der Waals surface area contributed by atoms with Crippen molar-refractivity contribution in [2.75, 3.05) is 6.54 Å². The van der Waals surface area contributed by atoms with E-state index in [1.807, 2.05) is 35.9 Å². The zero-order valence-electron chi connectivity index (χ0n) is 11.8. The highest BCUT2D eigenvalue weighted by Gasteiger charge is 2.19. The zero-order chi connectivity index (χ0) is 15.7. The van der Waals surface area contributed by atoms with Gasteiger partial charge in [0, 0.05) is 17.5 Å². The van der Waals surface area contributed by atoms with Crippen molar-refractivity contribution in [3.05, 3.63) is 56.9 Å². The molecule has 0 radical (unpaired) electrons. The van der Waals surface area contributed by atoms with E-state index >= 15 is 0 Å². The predicted octanol–water partition coefficient (Wildman–Crippen LogP) is 3.92. The van der Waals surface area contributed by atoms with E-state index in [0.29, 0.717) is 10.6 Å². The molecule has 1 atom stereocenters. The van der Waals surface area contributed by atoms with Crippen molar-refractivity contribution in [3.63, 3.8) is 0 Å². The molecule has 4 nitrogen and oxygen atoms in total. The van der Waals surface area contributed by atoms with Crippen molar-refractivity contribution >= 4 is 39.8 Å². The molecule has 3 aromatic rings. The molecule has 0 aliphatic heterocycles. The fourth-order valence-electron chi connectivity index (χ4n) is 2.28. The number of amides is 1.